The minimum Gasteiger partial charge on any atom is -0.507 e. The highest BCUT2D eigenvalue weighted by atomic mass is 16.5. The van der Waals surface area contributed by atoms with Crippen molar-refractivity contribution in [1.82, 2.24) is 4.90 Å². The van der Waals surface area contributed by atoms with Crippen LogP contribution in [0.3, 0.4) is 0 Å². The van der Waals surface area contributed by atoms with Gasteiger partial charge in [0, 0.05) is 40.0 Å². The van der Waals surface area contributed by atoms with Gasteiger partial charge in [-0.25, -0.2) is 0 Å². The van der Waals surface area contributed by atoms with Crippen molar-refractivity contribution in [3.8, 4) is 11.5 Å². The molecule has 1 amide bonds. The molecule has 2 aromatic rings. The van der Waals surface area contributed by atoms with Crippen molar-refractivity contribution in [3.63, 3.8) is 0 Å². The van der Waals surface area contributed by atoms with E-state index in [-0.39, 0.29) is 16.9 Å². The zero-order chi connectivity index (χ0) is 24.1. The number of aliphatic hydroxyl groups excluding tert-OH is 1. The van der Waals surface area contributed by atoms with Gasteiger partial charge in [-0.15, -0.1) is 0 Å². The van der Waals surface area contributed by atoms with Crippen LogP contribution >= 0.6 is 0 Å². The number of Topliss-reactive ketones (excluding diaryl/α,β-unsaturated/α-hetero) is 1. The summed E-state index contributed by atoms with van der Waals surface area (Å²) in [5.74, 6) is -0.855. The van der Waals surface area contributed by atoms with Gasteiger partial charge in [0.05, 0.1) is 31.4 Å². The molecule has 176 valence electrons. The first kappa shape index (κ1) is 24.1. The van der Waals surface area contributed by atoms with Gasteiger partial charge in [0.25, 0.3) is 11.7 Å². The predicted octanol–water partition coefficient (Wildman–Crippen LogP) is 3.23. The summed E-state index contributed by atoms with van der Waals surface area (Å²) in [5, 5.41) is 11.3. The fraction of sp³-hybridized carbons (Fsp3) is 0.360. The molecule has 0 radical (unpaired) electrons. The number of carbonyl (C=O) groups excluding carboxylic acids is 2. The third kappa shape index (κ3) is 4.80. The summed E-state index contributed by atoms with van der Waals surface area (Å²) >= 11 is 0. The van der Waals surface area contributed by atoms with Crippen molar-refractivity contribution in [2.45, 2.75) is 12.5 Å². The second kappa shape index (κ2) is 10.4. The van der Waals surface area contributed by atoms with Crippen molar-refractivity contribution in [2.75, 3.05) is 53.5 Å². The highest BCUT2D eigenvalue weighted by Crippen LogP contribution is 2.42. The molecule has 1 aliphatic heterocycles. The average Bonchev–Trinajstić information content (AvgIpc) is 3.08. The molecule has 8 nitrogen and oxygen atoms in total. The molecule has 0 spiro atoms. The Hall–Kier alpha value is -3.52. The number of ether oxygens (including phenoxy) is 3. The van der Waals surface area contributed by atoms with E-state index in [0.29, 0.717) is 31.1 Å². The van der Waals surface area contributed by atoms with E-state index >= 15 is 0 Å². The first-order chi connectivity index (χ1) is 15.8. The fourth-order valence-corrected chi connectivity index (χ4v) is 3.94. The van der Waals surface area contributed by atoms with Crippen LogP contribution in [0.15, 0.2) is 48.0 Å². The number of likely N-dealkylation sites (tertiary alicyclic amines) is 1. The molecule has 1 saturated heterocycles. The third-order valence-corrected chi connectivity index (χ3v) is 5.67. The Morgan fingerprint density at radius 3 is 2.30 bits per heavy atom. The van der Waals surface area contributed by atoms with Crippen LogP contribution in [0, 0.1) is 0 Å². The topological polar surface area (TPSA) is 88.5 Å². The molecular weight excluding hydrogens is 424 g/mol. The molecule has 1 fully saturated rings. The van der Waals surface area contributed by atoms with Gasteiger partial charge >= 0.3 is 0 Å². The molecule has 33 heavy (non-hydrogen) atoms. The molecular formula is C25H30N2O6. The van der Waals surface area contributed by atoms with Crippen molar-refractivity contribution < 1.29 is 28.9 Å². The largest absolute Gasteiger partial charge is 0.507 e. The second-order valence-electron chi connectivity index (χ2n) is 7.89. The smallest absolute Gasteiger partial charge is 0.295 e. The highest BCUT2D eigenvalue weighted by molar-refractivity contribution is 6.46. The number of hydrogen-bond acceptors (Lipinski definition) is 7. The normalized spacial score (nSPS) is 17.4. The van der Waals surface area contributed by atoms with Crippen molar-refractivity contribution in [3.05, 3.63) is 59.2 Å². The van der Waals surface area contributed by atoms with Crippen molar-refractivity contribution >= 4 is 23.1 Å². The van der Waals surface area contributed by atoms with Gasteiger partial charge in [-0.2, -0.15) is 0 Å². The number of amides is 1. The SMILES string of the molecule is COCCCN1C(=O)C(=O)/C(=C(/O)c2cc(OC)ccc2OC)C1c1ccc(N(C)C)cc1. The summed E-state index contributed by atoms with van der Waals surface area (Å²) in [5.41, 5.74) is 1.99. The van der Waals surface area contributed by atoms with E-state index < -0.39 is 17.7 Å². The fourth-order valence-electron chi connectivity index (χ4n) is 3.94. The summed E-state index contributed by atoms with van der Waals surface area (Å²) in [7, 11) is 8.43. The maximum Gasteiger partial charge on any atom is 0.295 e. The van der Waals surface area contributed by atoms with E-state index in [1.54, 1.807) is 25.3 Å². The number of rotatable bonds is 9. The molecule has 1 N–H and O–H groups in total. The van der Waals surface area contributed by atoms with Crippen LogP contribution in [-0.4, -0.2) is 70.3 Å². The van der Waals surface area contributed by atoms with Gasteiger partial charge in [-0.1, -0.05) is 12.1 Å². The number of aliphatic hydroxyl groups is 1. The Kier molecular flexibility index (Phi) is 7.60. The summed E-state index contributed by atoms with van der Waals surface area (Å²) in [6, 6.07) is 11.7. The Balaban J connectivity index is 2.18. The molecule has 1 heterocycles. The van der Waals surface area contributed by atoms with E-state index in [4.69, 9.17) is 14.2 Å². The zero-order valence-corrected chi connectivity index (χ0v) is 19.6. The summed E-state index contributed by atoms with van der Waals surface area (Å²) in [6.07, 6.45) is 0.554. The van der Waals surface area contributed by atoms with Gasteiger partial charge in [-0.05, 0) is 42.3 Å². The van der Waals surface area contributed by atoms with E-state index in [1.165, 1.54) is 19.1 Å². The number of nitrogens with zero attached hydrogens (tertiary/aromatic N) is 2. The van der Waals surface area contributed by atoms with Gasteiger partial charge in [-0.3, -0.25) is 9.59 Å². The van der Waals surface area contributed by atoms with Crippen LogP contribution in [0.25, 0.3) is 5.76 Å². The van der Waals surface area contributed by atoms with Crippen LogP contribution in [0.2, 0.25) is 0 Å². The lowest BCUT2D eigenvalue weighted by Crippen LogP contribution is -2.31. The van der Waals surface area contributed by atoms with E-state index in [9.17, 15) is 14.7 Å². The number of benzene rings is 2. The lowest BCUT2D eigenvalue weighted by molar-refractivity contribution is -0.140. The highest BCUT2D eigenvalue weighted by Gasteiger charge is 2.46. The summed E-state index contributed by atoms with van der Waals surface area (Å²) < 4.78 is 15.8. The maximum atomic E-state index is 13.2. The Morgan fingerprint density at radius 1 is 1.03 bits per heavy atom. The van der Waals surface area contributed by atoms with E-state index in [0.717, 1.165) is 11.3 Å². The standard InChI is InChI=1S/C25H30N2O6/c1-26(2)17-9-7-16(8-10-17)22-21(24(29)25(30)27(22)13-6-14-31-3)23(28)19-15-18(32-4)11-12-20(19)33-5/h7-12,15,22,28H,6,13-14H2,1-5H3/b23-21+. The quantitative estimate of drug-likeness (QED) is 0.269. The first-order valence-corrected chi connectivity index (χ1v) is 10.6. The van der Waals surface area contributed by atoms with Gasteiger partial charge in [0.1, 0.15) is 17.3 Å². The molecule has 1 unspecified atom stereocenters. The van der Waals surface area contributed by atoms with Gasteiger partial charge in [0.2, 0.25) is 0 Å². The zero-order valence-electron chi connectivity index (χ0n) is 19.6. The molecule has 0 bridgehead atoms. The maximum absolute atomic E-state index is 13.2. The van der Waals surface area contributed by atoms with Gasteiger partial charge < -0.3 is 29.1 Å². The van der Waals surface area contributed by atoms with Crippen LogP contribution in [0.4, 0.5) is 5.69 Å². The number of anilines is 1. The Labute approximate surface area is 194 Å². The number of hydrogen-bond donors (Lipinski definition) is 1. The molecule has 2 aromatic carbocycles. The molecule has 3 rings (SSSR count). The Morgan fingerprint density at radius 2 is 1.73 bits per heavy atom. The van der Waals surface area contributed by atoms with Crippen LogP contribution in [0.1, 0.15) is 23.6 Å². The molecule has 0 aromatic heterocycles. The van der Waals surface area contributed by atoms with Crippen molar-refractivity contribution in [2.24, 2.45) is 0 Å². The summed E-state index contributed by atoms with van der Waals surface area (Å²) in [6.45, 7) is 0.754. The molecule has 1 aliphatic rings. The van der Waals surface area contributed by atoms with Crippen LogP contribution in [-0.2, 0) is 14.3 Å². The van der Waals surface area contributed by atoms with Gasteiger partial charge in [0.15, 0.2) is 0 Å². The third-order valence-electron chi connectivity index (χ3n) is 5.67. The Bertz CT molecular complexity index is 1050. The molecule has 0 aliphatic carbocycles. The van der Waals surface area contributed by atoms with Crippen LogP contribution in [0.5, 0.6) is 11.5 Å². The lowest BCUT2D eigenvalue weighted by atomic mass is 9.94. The van der Waals surface area contributed by atoms with Crippen molar-refractivity contribution in [1.29, 1.82) is 0 Å². The average molecular weight is 455 g/mol. The first-order valence-electron chi connectivity index (χ1n) is 10.6. The minimum atomic E-state index is -0.742. The molecule has 0 saturated carbocycles. The molecule has 1 atom stereocenters. The predicted molar refractivity (Wildman–Crippen MR) is 126 cm³/mol. The van der Waals surface area contributed by atoms with E-state index in [1.807, 2.05) is 43.3 Å². The number of methoxy groups -OCH3 is 3. The monoisotopic (exact) mass is 454 g/mol. The second-order valence-corrected chi connectivity index (χ2v) is 7.89. The number of ketones is 1. The summed E-state index contributed by atoms with van der Waals surface area (Å²) in [4.78, 5) is 29.6. The lowest BCUT2D eigenvalue weighted by Gasteiger charge is -2.26. The van der Waals surface area contributed by atoms with E-state index in [2.05, 4.69) is 0 Å². The minimum absolute atomic E-state index is 0.0153. The number of carbonyl (C=O) groups is 2. The van der Waals surface area contributed by atoms with Crippen LogP contribution < -0.4 is 14.4 Å². The molecule has 8 heteroatoms.